The van der Waals surface area contributed by atoms with Gasteiger partial charge in [0.1, 0.15) is 4.90 Å². The summed E-state index contributed by atoms with van der Waals surface area (Å²) in [5.74, 6) is 0. The van der Waals surface area contributed by atoms with Crippen molar-refractivity contribution in [3.63, 3.8) is 0 Å². The topological polar surface area (TPSA) is 72.2 Å². The van der Waals surface area contributed by atoms with Gasteiger partial charge in [-0.05, 0) is 36.8 Å². The highest BCUT2D eigenvalue weighted by molar-refractivity contribution is 7.93. The Hall–Kier alpha value is -1.14. The second-order valence-corrected chi connectivity index (χ2v) is 7.26. The van der Waals surface area contributed by atoms with Crippen LogP contribution < -0.4 is 10.5 Å². The molecule has 2 aromatic rings. The van der Waals surface area contributed by atoms with Crippen LogP contribution in [-0.2, 0) is 10.0 Å². The van der Waals surface area contributed by atoms with Crippen LogP contribution in [0.25, 0.3) is 0 Å². The molecule has 4 nitrogen and oxygen atoms in total. The lowest BCUT2D eigenvalue weighted by Crippen LogP contribution is -2.15. The van der Waals surface area contributed by atoms with E-state index in [-0.39, 0.29) is 31.3 Å². The molecule has 0 saturated carbocycles. The van der Waals surface area contributed by atoms with Gasteiger partial charge in [-0.1, -0.05) is 40.9 Å². The van der Waals surface area contributed by atoms with Crippen molar-refractivity contribution in [2.75, 3.05) is 10.5 Å². The van der Waals surface area contributed by atoms with Gasteiger partial charge in [0.15, 0.2) is 0 Å². The summed E-state index contributed by atoms with van der Waals surface area (Å²) in [5, 5.41) is 0.467. The Kier molecular flexibility index (Phi) is 4.58. The van der Waals surface area contributed by atoms with Crippen molar-refractivity contribution in [2.24, 2.45) is 0 Å². The fraction of sp³-hybridized carbons (Fsp3) is 0.0769. The first kappa shape index (κ1) is 16.2. The Bertz CT molecular complexity index is 784. The fourth-order valence-corrected chi connectivity index (χ4v) is 4.06. The predicted molar refractivity (Wildman–Crippen MR) is 87.9 cm³/mol. The molecule has 0 bridgehead atoms. The average Bonchev–Trinajstić information content (AvgIpc) is 2.31. The molecule has 112 valence electrons. The Balaban J connectivity index is 2.51. The predicted octanol–water partition coefficient (Wildman–Crippen LogP) is 4.34. The molecular weight excluding hydrogens is 355 g/mol. The van der Waals surface area contributed by atoms with Gasteiger partial charge in [-0.2, -0.15) is 0 Å². The smallest absolute Gasteiger partial charge is 0.265 e. The summed E-state index contributed by atoms with van der Waals surface area (Å²) in [6, 6.07) is 7.61. The van der Waals surface area contributed by atoms with Crippen LogP contribution >= 0.6 is 34.8 Å². The first-order valence-electron chi connectivity index (χ1n) is 5.74. The van der Waals surface area contributed by atoms with Crippen molar-refractivity contribution in [1.82, 2.24) is 0 Å². The van der Waals surface area contributed by atoms with Crippen LogP contribution in [0.2, 0.25) is 15.1 Å². The molecule has 2 rings (SSSR count). The Morgan fingerprint density at radius 2 is 1.71 bits per heavy atom. The number of aryl methyl sites for hydroxylation is 1. The number of hydrogen-bond acceptors (Lipinski definition) is 3. The van der Waals surface area contributed by atoms with Gasteiger partial charge < -0.3 is 5.73 Å². The molecule has 2 aromatic carbocycles. The zero-order valence-electron chi connectivity index (χ0n) is 10.8. The van der Waals surface area contributed by atoms with E-state index in [9.17, 15) is 8.42 Å². The maximum absolute atomic E-state index is 12.4. The summed E-state index contributed by atoms with van der Waals surface area (Å²) >= 11 is 17.7. The van der Waals surface area contributed by atoms with Crippen LogP contribution in [-0.4, -0.2) is 8.42 Å². The SMILES string of the molecule is Cc1ccc(Cl)c(NS(=O)(=O)c2c(N)cc(Cl)cc2Cl)c1. The monoisotopic (exact) mass is 364 g/mol. The second kappa shape index (κ2) is 5.93. The van der Waals surface area contributed by atoms with Gasteiger partial charge >= 0.3 is 0 Å². The Morgan fingerprint density at radius 1 is 1.05 bits per heavy atom. The molecule has 0 amide bonds. The van der Waals surface area contributed by atoms with Gasteiger partial charge in [-0.25, -0.2) is 8.42 Å². The summed E-state index contributed by atoms with van der Waals surface area (Å²) in [5.41, 5.74) is 6.78. The zero-order chi connectivity index (χ0) is 15.8. The van der Waals surface area contributed by atoms with Crippen molar-refractivity contribution >= 4 is 56.2 Å². The standard InChI is InChI=1S/C13H11Cl3N2O2S/c1-7-2-3-9(15)12(4-7)18-21(19,20)13-10(16)5-8(14)6-11(13)17/h2-6,18H,17H2,1H3. The number of benzene rings is 2. The number of rotatable bonds is 3. The number of sulfonamides is 1. The van der Waals surface area contributed by atoms with E-state index in [2.05, 4.69) is 4.72 Å². The molecule has 8 heteroatoms. The average molecular weight is 366 g/mol. The molecule has 0 heterocycles. The highest BCUT2D eigenvalue weighted by atomic mass is 35.5. The van der Waals surface area contributed by atoms with Crippen LogP contribution in [0.15, 0.2) is 35.2 Å². The molecule has 21 heavy (non-hydrogen) atoms. The van der Waals surface area contributed by atoms with Crippen molar-refractivity contribution in [3.05, 3.63) is 51.0 Å². The van der Waals surface area contributed by atoms with Gasteiger partial charge in [-0.3, -0.25) is 4.72 Å². The third kappa shape index (κ3) is 3.55. The van der Waals surface area contributed by atoms with E-state index in [1.54, 1.807) is 18.2 Å². The van der Waals surface area contributed by atoms with E-state index in [1.807, 2.05) is 6.92 Å². The van der Waals surface area contributed by atoms with E-state index in [0.717, 1.165) is 5.56 Å². The number of halogens is 3. The lowest BCUT2D eigenvalue weighted by Gasteiger charge is -2.13. The minimum absolute atomic E-state index is 0.0382. The van der Waals surface area contributed by atoms with Crippen LogP contribution in [0.3, 0.4) is 0 Å². The first-order chi connectivity index (χ1) is 9.70. The van der Waals surface area contributed by atoms with E-state index < -0.39 is 10.0 Å². The fourth-order valence-electron chi connectivity index (χ4n) is 1.78. The van der Waals surface area contributed by atoms with Gasteiger partial charge in [0, 0.05) is 5.02 Å². The number of nitrogens with one attached hydrogen (secondary N) is 1. The molecule has 0 aliphatic carbocycles. The van der Waals surface area contributed by atoms with E-state index in [1.165, 1.54) is 12.1 Å². The molecule has 0 saturated heterocycles. The number of nitrogens with two attached hydrogens (primary N) is 1. The van der Waals surface area contributed by atoms with E-state index in [0.29, 0.717) is 0 Å². The molecule has 0 aromatic heterocycles. The minimum atomic E-state index is -3.98. The molecule has 0 fully saturated rings. The largest absolute Gasteiger partial charge is 0.398 e. The van der Waals surface area contributed by atoms with Crippen LogP contribution in [0, 0.1) is 6.92 Å². The van der Waals surface area contributed by atoms with E-state index >= 15 is 0 Å². The lowest BCUT2D eigenvalue weighted by atomic mass is 10.2. The van der Waals surface area contributed by atoms with Gasteiger partial charge in [0.05, 0.1) is 21.4 Å². The summed E-state index contributed by atoms with van der Waals surface area (Å²) in [7, 11) is -3.98. The summed E-state index contributed by atoms with van der Waals surface area (Å²) in [4.78, 5) is -0.230. The summed E-state index contributed by atoms with van der Waals surface area (Å²) in [6.45, 7) is 1.82. The van der Waals surface area contributed by atoms with Gasteiger partial charge in [0.2, 0.25) is 0 Å². The van der Waals surface area contributed by atoms with Crippen molar-refractivity contribution in [3.8, 4) is 0 Å². The first-order valence-corrected chi connectivity index (χ1v) is 8.36. The second-order valence-electron chi connectivity index (χ2n) is 4.39. The molecule has 0 spiro atoms. The number of hydrogen-bond donors (Lipinski definition) is 2. The quantitative estimate of drug-likeness (QED) is 0.795. The highest BCUT2D eigenvalue weighted by Crippen LogP contribution is 2.33. The third-order valence-corrected chi connectivity index (χ3v) is 5.11. The minimum Gasteiger partial charge on any atom is -0.398 e. The summed E-state index contributed by atoms with van der Waals surface area (Å²) in [6.07, 6.45) is 0. The molecule has 0 radical (unpaired) electrons. The van der Waals surface area contributed by atoms with Gasteiger partial charge in [0.25, 0.3) is 10.0 Å². The maximum Gasteiger partial charge on any atom is 0.265 e. The number of anilines is 2. The Labute approximate surface area is 137 Å². The van der Waals surface area contributed by atoms with Crippen LogP contribution in [0.5, 0.6) is 0 Å². The lowest BCUT2D eigenvalue weighted by molar-refractivity contribution is 0.601. The number of nitrogen functional groups attached to an aromatic ring is 1. The molecule has 0 unspecified atom stereocenters. The molecule has 0 aliphatic rings. The van der Waals surface area contributed by atoms with Gasteiger partial charge in [-0.15, -0.1) is 0 Å². The van der Waals surface area contributed by atoms with Crippen molar-refractivity contribution < 1.29 is 8.42 Å². The Morgan fingerprint density at radius 3 is 2.33 bits per heavy atom. The van der Waals surface area contributed by atoms with Crippen LogP contribution in [0.1, 0.15) is 5.56 Å². The molecule has 0 atom stereocenters. The zero-order valence-corrected chi connectivity index (χ0v) is 13.9. The molecule has 0 aliphatic heterocycles. The summed E-state index contributed by atoms with van der Waals surface area (Å²) < 4.78 is 27.3. The van der Waals surface area contributed by atoms with E-state index in [4.69, 9.17) is 40.5 Å². The van der Waals surface area contributed by atoms with Crippen molar-refractivity contribution in [2.45, 2.75) is 11.8 Å². The van der Waals surface area contributed by atoms with Crippen LogP contribution in [0.4, 0.5) is 11.4 Å². The normalized spacial score (nSPS) is 11.4. The molecule has 3 N–H and O–H groups in total. The highest BCUT2D eigenvalue weighted by Gasteiger charge is 2.23. The maximum atomic E-state index is 12.4. The third-order valence-electron chi connectivity index (χ3n) is 2.67. The molecular formula is C13H11Cl3N2O2S. The van der Waals surface area contributed by atoms with Crippen molar-refractivity contribution in [1.29, 1.82) is 0 Å².